The van der Waals surface area contributed by atoms with Gasteiger partial charge in [0, 0.05) is 6.54 Å². The smallest absolute Gasteiger partial charge is 0.372 e. The Hall–Kier alpha value is -2.45. The van der Waals surface area contributed by atoms with Gasteiger partial charge in [-0.1, -0.05) is 13.8 Å². The number of aliphatic carboxylic acids is 1. The van der Waals surface area contributed by atoms with Crippen molar-refractivity contribution in [2.24, 2.45) is 11.8 Å². The Morgan fingerprint density at radius 3 is 2.65 bits per heavy atom. The highest BCUT2D eigenvalue weighted by Gasteiger charge is 2.26. The van der Waals surface area contributed by atoms with Crippen molar-refractivity contribution in [3.05, 3.63) is 16.4 Å². The van der Waals surface area contributed by atoms with Crippen LogP contribution in [0, 0.1) is 22.0 Å². The number of hydrogen-bond acceptors (Lipinski definition) is 7. The van der Waals surface area contributed by atoms with E-state index in [4.69, 9.17) is 9.84 Å². The van der Waals surface area contributed by atoms with E-state index in [9.17, 15) is 14.9 Å². The topological polar surface area (TPSA) is 127 Å². The van der Waals surface area contributed by atoms with Crippen LogP contribution in [0.4, 0.5) is 11.5 Å². The first-order chi connectivity index (χ1) is 9.38. The normalized spacial score (nSPS) is 12.0. The van der Waals surface area contributed by atoms with E-state index in [1.165, 1.54) is 7.11 Å². The van der Waals surface area contributed by atoms with Gasteiger partial charge < -0.3 is 15.2 Å². The molecule has 1 heterocycles. The van der Waals surface area contributed by atoms with E-state index in [0.717, 1.165) is 6.33 Å². The molecule has 0 bridgehead atoms. The predicted octanol–water partition coefficient (Wildman–Crippen LogP) is 1.16. The Balaban J connectivity index is 2.98. The lowest BCUT2D eigenvalue weighted by Gasteiger charge is -2.17. The summed E-state index contributed by atoms with van der Waals surface area (Å²) in [6.07, 6.45) is 1.11. The van der Waals surface area contributed by atoms with Crippen molar-refractivity contribution < 1.29 is 19.6 Å². The summed E-state index contributed by atoms with van der Waals surface area (Å²) in [5, 5.41) is 22.8. The molecule has 0 spiro atoms. The average molecular weight is 284 g/mol. The van der Waals surface area contributed by atoms with Crippen LogP contribution in [0.1, 0.15) is 13.8 Å². The third-order valence-corrected chi connectivity index (χ3v) is 2.78. The number of carboxylic acid groups (broad SMARTS) is 1. The molecule has 1 atom stereocenters. The number of aromatic nitrogens is 2. The van der Waals surface area contributed by atoms with Crippen molar-refractivity contribution in [1.29, 1.82) is 0 Å². The summed E-state index contributed by atoms with van der Waals surface area (Å²) in [4.78, 5) is 28.8. The summed E-state index contributed by atoms with van der Waals surface area (Å²) in [5.41, 5.74) is -0.414. The fraction of sp³-hybridized carbons (Fsp3) is 0.545. The number of nitrogens with zero attached hydrogens (tertiary/aromatic N) is 3. The molecule has 0 saturated heterocycles. The summed E-state index contributed by atoms with van der Waals surface area (Å²) in [6.45, 7) is 3.54. The molecule has 0 amide bonds. The maximum atomic E-state index is 11.1. The van der Waals surface area contributed by atoms with Crippen LogP contribution in [-0.2, 0) is 4.79 Å². The van der Waals surface area contributed by atoms with Gasteiger partial charge in [0.15, 0.2) is 0 Å². The van der Waals surface area contributed by atoms with Crippen LogP contribution in [0.25, 0.3) is 0 Å². The molecule has 9 nitrogen and oxygen atoms in total. The molecule has 1 unspecified atom stereocenters. The first-order valence-corrected chi connectivity index (χ1v) is 5.88. The molecule has 110 valence electrons. The van der Waals surface area contributed by atoms with Crippen molar-refractivity contribution in [2.75, 3.05) is 19.0 Å². The molecule has 0 aliphatic rings. The Morgan fingerprint density at radius 2 is 2.20 bits per heavy atom. The highest BCUT2D eigenvalue weighted by atomic mass is 16.6. The maximum absolute atomic E-state index is 11.1. The van der Waals surface area contributed by atoms with E-state index >= 15 is 0 Å². The molecule has 2 N–H and O–H groups in total. The molecular weight excluding hydrogens is 268 g/mol. The second-order valence-corrected chi connectivity index (χ2v) is 4.41. The molecule has 1 aromatic rings. The van der Waals surface area contributed by atoms with Crippen molar-refractivity contribution in [2.45, 2.75) is 13.8 Å². The zero-order chi connectivity index (χ0) is 15.3. The molecule has 1 aromatic heterocycles. The zero-order valence-electron chi connectivity index (χ0n) is 11.4. The molecule has 0 aliphatic carbocycles. The van der Waals surface area contributed by atoms with Gasteiger partial charge in [-0.3, -0.25) is 14.9 Å². The summed E-state index contributed by atoms with van der Waals surface area (Å²) < 4.78 is 4.80. The monoisotopic (exact) mass is 284 g/mol. The Labute approximate surface area is 115 Å². The van der Waals surface area contributed by atoms with Crippen molar-refractivity contribution in [1.82, 2.24) is 9.97 Å². The fourth-order valence-electron chi connectivity index (χ4n) is 1.62. The van der Waals surface area contributed by atoms with E-state index in [1.54, 1.807) is 13.8 Å². The molecular formula is C11H16N4O5. The number of anilines is 1. The Morgan fingerprint density at radius 1 is 1.55 bits per heavy atom. The molecule has 0 aliphatic heterocycles. The van der Waals surface area contributed by atoms with E-state index in [0.29, 0.717) is 0 Å². The van der Waals surface area contributed by atoms with Gasteiger partial charge in [0.1, 0.15) is 6.33 Å². The summed E-state index contributed by atoms with van der Waals surface area (Å²) in [7, 11) is 1.26. The Bertz CT molecular complexity index is 506. The number of carboxylic acids is 1. The van der Waals surface area contributed by atoms with Crippen molar-refractivity contribution >= 4 is 17.5 Å². The third-order valence-electron chi connectivity index (χ3n) is 2.78. The maximum Gasteiger partial charge on any atom is 0.372 e. The van der Waals surface area contributed by atoms with Crippen LogP contribution in [0.3, 0.4) is 0 Å². The lowest BCUT2D eigenvalue weighted by Crippen LogP contribution is -2.28. The summed E-state index contributed by atoms with van der Waals surface area (Å²) in [6, 6.07) is 0. The Kier molecular flexibility index (Phi) is 5.18. The number of nitrogens with one attached hydrogen (secondary N) is 1. The van der Waals surface area contributed by atoms with Crippen LogP contribution >= 0.6 is 0 Å². The number of methoxy groups -OCH3 is 1. The molecule has 0 radical (unpaired) electrons. The number of ether oxygens (including phenoxy) is 1. The van der Waals surface area contributed by atoms with E-state index < -0.39 is 22.5 Å². The van der Waals surface area contributed by atoms with Gasteiger partial charge in [-0.25, -0.2) is 4.98 Å². The third kappa shape index (κ3) is 3.53. The molecule has 0 aromatic carbocycles. The van der Waals surface area contributed by atoms with Gasteiger partial charge >= 0.3 is 11.7 Å². The minimum absolute atomic E-state index is 0.0218. The number of carbonyl (C=O) groups is 1. The average Bonchev–Trinajstić information content (AvgIpc) is 2.37. The lowest BCUT2D eigenvalue weighted by molar-refractivity contribution is -0.385. The predicted molar refractivity (Wildman–Crippen MR) is 69.7 cm³/mol. The van der Waals surface area contributed by atoms with Crippen LogP contribution in [0.2, 0.25) is 0 Å². The molecule has 1 rings (SSSR count). The summed E-state index contributed by atoms with van der Waals surface area (Å²) in [5.74, 6) is -2.02. The second kappa shape index (κ2) is 6.64. The van der Waals surface area contributed by atoms with Gasteiger partial charge in [0.25, 0.3) is 5.88 Å². The highest BCUT2D eigenvalue weighted by molar-refractivity contribution is 5.71. The first-order valence-electron chi connectivity index (χ1n) is 5.88. The molecule has 0 saturated carbocycles. The standard InChI is InChI=1S/C11H16N4O5/c1-6(2)7(11(16)17)4-12-9-8(15(18)19)10(20-3)14-5-13-9/h5-7H,4H2,1-3H3,(H,16,17)(H,12,13,14). The fourth-order valence-corrected chi connectivity index (χ4v) is 1.62. The van der Waals surface area contributed by atoms with E-state index in [2.05, 4.69) is 15.3 Å². The quantitative estimate of drug-likeness (QED) is 0.564. The lowest BCUT2D eigenvalue weighted by atomic mass is 9.96. The number of hydrogen-bond donors (Lipinski definition) is 2. The van der Waals surface area contributed by atoms with Gasteiger partial charge in [-0.05, 0) is 5.92 Å². The molecule has 0 fully saturated rings. The summed E-state index contributed by atoms with van der Waals surface area (Å²) >= 11 is 0. The van der Waals surface area contributed by atoms with Gasteiger partial charge in [-0.2, -0.15) is 4.98 Å². The van der Waals surface area contributed by atoms with Crippen molar-refractivity contribution in [3.8, 4) is 5.88 Å². The second-order valence-electron chi connectivity index (χ2n) is 4.41. The van der Waals surface area contributed by atoms with E-state index in [-0.39, 0.29) is 24.2 Å². The largest absolute Gasteiger partial charge is 0.481 e. The van der Waals surface area contributed by atoms with Gasteiger partial charge in [0.2, 0.25) is 5.82 Å². The van der Waals surface area contributed by atoms with Crippen molar-refractivity contribution in [3.63, 3.8) is 0 Å². The number of rotatable bonds is 7. The van der Waals surface area contributed by atoms with E-state index in [1.807, 2.05) is 0 Å². The van der Waals surface area contributed by atoms with Crippen LogP contribution in [0.15, 0.2) is 6.33 Å². The van der Waals surface area contributed by atoms with Gasteiger partial charge in [-0.15, -0.1) is 0 Å². The first kappa shape index (κ1) is 15.6. The number of nitro groups is 1. The van der Waals surface area contributed by atoms with Gasteiger partial charge in [0.05, 0.1) is 18.0 Å². The minimum atomic E-state index is -0.976. The van der Waals surface area contributed by atoms with Crippen LogP contribution in [-0.4, -0.2) is 39.6 Å². The highest BCUT2D eigenvalue weighted by Crippen LogP contribution is 2.30. The van der Waals surface area contributed by atoms with Crippen LogP contribution in [0.5, 0.6) is 5.88 Å². The minimum Gasteiger partial charge on any atom is -0.481 e. The zero-order valence-corrected chi connectivity index (χ0v) is 11.4. The SMILES string of the molecule is COc1ncnc(NCC(C(=O)O)C(C)C)c1[N+](=O)[O-]. The van der Waals surface area contributed by atoms with Crippen LogP contribution < -0.4 is 10.1 Å². The molecule has 9 heteroatoms. The molecule has 20 heavy (non-hydrogen) atoms.